The first-order chi connectivity index (χ1) is 10.3. The van der Waals surface area contributed by atoms with E-state index < -0.39 is 0 Å². The van der Waals surface area contributed by atoms with E-state index >= 15 is 0 Å². The van der Waals surface area contributed by atoms with Gasteiger partial charge >= 0.3 is 5.97 Å². The Bertz CT molecular complexity index is 742. The molecule has 0 radical (unpaired) electrons. The highest BCUT2D eigenvalue weighted by molar-refractivity contribution is 6.18. The van der Waals surface area contributed by atoms with E-state index in [-0.39, 0.29) is 17.9 Å². The van der Waals surface area contributed by atoms with Crippen LogP contribution in [0.4, 0.5) is 5.82 Å². The summed E-state index contributed by atoms with van der Waals surface area (Å²) in [6.45, 7) is 1.96. The summed E-state index contributed by atoms with van der Waals surface area (Å²) in [4.78, 5) is 16.6. The molecule has 0 fully saturated rings. The van der Waals surface area contributed by atoms with Gasteiger partial charge in [0.25, 0.3) is 0 Å². The Morgan fingerprint density at radius 3 is 2.76 bits per heavy atom. The summed E-state index contributed by atoms with van der Waals surface area (Å²) in [5, 5.41) is 6.43. The van der Waals surface area contributed by atoms with Crippen molar-refractivity contribution in [3.8, 4) is 5.75 Å². The maximum Gasteiger partial charge on any atom is 0.322 e. The normalized spacial score (nSPS) is 23.2. The Hall–Kier alpha value is -2.69. The standard InChI is InChI=1S/C16H13N3O2/c1-10-14-15(18-19(10)13-8-4-5-9-17-13)11-6-2-3-7-12(11)21-16(14)20/h2-10,14H,1H3. The molecule has 1 aromatic carbocycles. The quantitative estimate of drug-likeness (QED) is 0.593. The van der Waals surface area contributed by atoms with Gasteiger partial charge in [-0.1, -0.05) is 18.2 Å². The van der Waals surface area contributed by atoms with Gasteiger partial charge in [0.2, 0.25) is 0 Å². The molecule has 2 aliphatic heterocycles. The third-order valence-electron chi connectivity index (χ3n) is 3.89. The molecule has 0 N–H and O–H groups in total. The van der Waals surface area contributed by atoms with Crippen LogP contribution in [0.15, 0.2) is 53.8 Å². The summed E-state index contributed by atoms with van der Waals surface area (Å²) >= 11 is 0. The fourth-order valence-electron chi connectivity index (χ4n) is 2.86. The average Bonchev–Trinajstić information content (AvgIpc) is 2.87. The van der Waals surface area contributed by atoms with Gasteiger partial charge in [-0.15, -0.1) is 0 Å². The van der Waals surface area contributed by atoms with Crippen LogP contribution >= 0.6 is 0 Å². The van der Waals surface area contributed by atoms with Crippen LogP contribution in [0.5, 0.6) is 5.75 Å². The molecule has 0 saturated heterocycles. The molecule has 0 amide bonds. The molecule has 104 valence electrons. The minimum Gasteiger partial charge on any atom is -0.425 e. The smallest absolute Gasteiger partial charge is 0.322 e. The number of hydrogen-bond donors (Lipinski definition) is 0. The number of carbonyl (C=O) groups excluding carboxylic acids is 1. The molecule has 2 aromatic rings. The monoisotopic (exact) mass is 279 g/mol. The molecule has 3 heterocycles. The van der Waals surface area contributed by atoms with E-state index in [1.807, 2.05) is 43.3 Å². The first-order valence-corrected chi connectivity index (χ1v) is 6.85. The molecule has 1 aromatic heterocycles. The minimum absolute atomic E-state index is 0.115. The number of aromatic nitrogens is 1. The molecule has 4 rings (SSSR count). The first kappa shape index (κ1) is 12.1. The number of fused-ring (bicyclic) bond motifs is 3. The largest absolute Gasteiger partial charge is 0.425 e. The zero-order valence-corrected chi connectivity index (χ0v) is 11.4. The van der Waals surface area contributed by atoms with Gasteiger partial charge in [-0.3, -0.25) is 4.79 Å². The number of hydrogen-bond acceptors (Lipinski definition) is 5. The number of nitrogens with zero attached hydrogens (tertiary/aromatic N) is 3. The molecule has 21 heavy (non-hydrogen) atoms. The molecule has 0 bridgehead atoms. The summed E-state index contributed by atoms with van der Waals surface area (Å²) in [6, 6.07) is 13.0. The van der Waals surface area contributed by atoms with E-state index in [9.17, 15) is 4.79 Å². The summed E-state index contributed by atoms with van der Waals surface area (Å²) in [5.74, 6) is 0.685. The average molecular weight is 279 g/mol. The topological polar surface area (TPSA) is 54.8 Å². The molecule has 5 nitrogen and oxygen atoms in total. The molecular formula is C16H13N3O2. The molecule has 5 heteroatoms. The summed E-state index contributed by atoms with van der Waals surface area (Å²) in [7, 11) is 0. The molecule has 2 aliphatic rings. The van der Waals surface area contributed by atoms with Gasteiger partial charge in [-0.05, 0) is 31.2 Å². The number of benzene rings is 1. The van der Waals surface area contributed by atoms with Crippen LogP contribution in [-0.4, -0.2) is 22.7 Å². The molecule has 2 unspecified atom stereocenters. The van der Waals surface area contributed by atoms with Crippen LogP contribution in [0.3, 0.4) is 0 Å². The van der Waals surface area contributed by atoms with Crippen molar-refractivity contribution >= 4 is 17.5 Å². The number of esters is 1. The third kappa shape index (κ3) is 1.74. The maximum absolute atomic E-state index is 12.3. The van der Waals surface area contributed by atoms with E-state index in [1.54, 1.807) is 17.3 Å². The van der Waals surface area contributed by atoms with Crippen LogP contribution in [-0.2, 0) is 4.79 Å². The second kappa shape index (κ2) is 4.41. The Morgan fingerprint density at radius 1 is 1.14 bits per heavy atom. The van der Waals surface area contributed by atoms with Crippen LogP contribution < -0.4 is 9.75 Å². The molecular weight excluding hydrogens is 266 g/mol. The Balaban J connectivity index is 1.84. The van der Waals surface area contributed by atoms with Crippen molar-refractivity contribution in [2.24, 2.45) is 11.0 Å². The lowest BCUT2D eigenvalue weighted by Gasteiger charge is -2.25. The number of ether oxygens (including phenoxy) is 1. The van der Waals surface area contributed by atoms with E-state index in [1.165, 1.54) is 0 Å². The summed E-state index contributed by atoms with van der Waals surface area (Å²) in [6.07, 6.45) is 1.72. The molecule has 0 spiro atoms. The second-order valence-electron chi connectivity index (χ2n) is 5.15. The van der Waals surface area contributed by atoms with E-state index in [4.69, 9.17) is 4.74 Å². The van der Waals surface area contributed by atoms with Crippen molar-refractivity contribution in [1.29, 1.82) is 0 Å². The maximum atomic E-state index is 12.3. The number of hydrazone groups is 1. The molecule has 2 atom stereocenters. The summed E-state index contributed by atoms with van der Waals surface area (Å²) < 4.78 is 5.43. The van der Waals surface area contributed by atoms with Crippen molar-refractivity contribution in [3.05, 3.63) is 54.2 Å². The van der Waals surface area contributed by atoms with Gasteiger partial charge in [-0.25, -0.2) is 9.99 Å². The fraction of sp³-hybridized carbons (Fsp3) is 0.188. The van der Waals surface area contributed by atoms with Gasteiger partial charge in [0.05, 0.1) is 11.8 Å². The van der Waals surface area contributed by atoms with Crippen molar-refractivity contribution in [2.75, 3.05) is 5.01 Å². The lowest BCUT2D eigenvalue weighted by atomic mass is 9.89. The zero-order chi connectivity index (χ0) is 14.4. The Labute approximate surface area is 121 Å². The second-order valence-corrected chi connectivity index (χ2v) is 5.15. The van der Waals surface area contributed by atoms with Crippen LogP contribution in [0.1, 0.15) is 12.5 Å². The molecule has 0 aliphatic carbocycles. The fourth-order valence-corrected chi connectivity index (χ4v) is 2.86. The van der Waals surface area contributed by atoms with Gasteiger partial charge in [-0.2, -0.15) is 5.10 Å². The van der Waals surface area contributed by atoms with Crippen LogP contribution in [0.25, 0.3) is 0 Å². The van der Waals surface area contributed by atoms with E-state index in [0.717, 1.165) is 17.1 Å². The predicted molar refractivity (Wildman–Crippen MR) is 78.3 cm³/mol. The minimum atomic E-state index is -0.373. The predicted octanol–water partition coefficient (Wildman–Crippen LogP) is 2.23. The number of rotatable bonds is 1. The van der Waals surface area contributed by atoms with Crippen molar-refractivity contribution in [3.63, 3.8) is 0 Å². The van der Waals surface area contributed by atoms with Crippen molar-refractivity contribution in [1.82, 2.24) is 4.98 Å². The Kier molecular flexibility index (Phi) is 2.54. The number of carbonyl (C=O) groups is 1. The highest BCUT2D eigenvalue weighted by Gasteiger charge is 2.45. The highest BCUT2D eigenvalue weighted by atomic mass is 16.5. The van der Waals surface area contributed by atoms with Gasteiger partial charge in [0, 0.05) is 11.8 Å². The third-order valence-corrected chi connectivity index (χ3v) is 3.89. The van der Waals surface area contributed by atoms with Crippen LogP contribution in [0, 0.1) is 5.92 Å². The van der Waals surface area contributed by atoms with Gasteiger partial charge in [0.15, 0.2) is 0 Å². The number of anilines is 1. The molecule has 0 saturated carbocycles. The van der Waals surface area contributed by atoms with Gasteiger partial charge < -0.3 is 4.74 Å². The lowest BCUT2D eigenvalue weighted by Crippen LogP contribution is -2.40. The SMILES string of the molecule is CC1C2C(=O)Oc3ccccc3C2=NN1c1ccccn1. The van der Waals surface area contributed by atoms with E-state index in [0.29, 0.717) is 5.75 Å². The van der Waals surface area contributed by atoms with Crippen LogP contribution in [0.2, 0.25) is 0 Å². The Morgan fingerprint density at radius 2 is 1.95 bits per heavy atom. The van der Waals surface area contributed by atoms with Gasteiger partial charge in [0.1, 0.15) is 17.5 Å². The van der Waals surface area contributed by atoms with Crippen molar-refractivity contribution in [2.45, 2.75) is 13.0 Å². The zero-order valence-electron chi connectivity index (χ0n) is 11.4. The number of para-hydroxylation sites is 1. The van der Waals surface area contributed by atoms with E-state index in [2.05, 4.69) is 10.1 Å². The first-order valence-electron chi connectivity index (χ1n) is 6.85. The summed E-state index contributed by atoms with van der Waals surface area (Å²) in [5.41, 5.74) is 1.65. The number of pyridine rings is 1. The van der Waals surface area contributed by atoms with Crippen molar-refractivity contribution < 1.29 is 9.53 Å². The highest BCUT2D eigenvalue weighted by Crippen LogP contribution is 2.36. The lowest BCUT2D eigenvalue weighted by molar-refractivity contribution is -0.137.